The number of benzene rings is 2. The fourth-order valence-corrected chi connectivity index (χ4v) is 2.34. The molecule has 5 heteroatoms. The Bertz CT molecular complexity index is 901. The third-order valence-corrected chi connectivity index (χ3v) is 3.43. The van der Waals surface area contributed by atoms with Gasteiger partial charge in [-0.15, -0.1) is 0 Å². The van der Waals surface area contributed by atoms with E-state index in [1.165, 1.54) is 6.92 Å². The summed E-state index contributed by atoms with van der Waals surface area (Å²) in [5.41, 5.74) is 0.204. The van der Waals surface area contributed by atoms with Crippen molar-refractivity contribution < 1.29 is 13.2 Å². The molecule has 21 heavy (non-hydrogen) atoms. The quantitative estimate of drug-likeness (QED) is 0.677. The fourth-order valence-electron chi connectivity index (χ4n) is 2.34. The number of aromatic amines is 1. The van der Waals surface area contributed by atoms with Crippen LogP contribution in [0.2, 0.25) is 0 Å². The maximum absolute atomic E-state index is 13.9. The van der Waals surface area contributed by atoms with Gasteiger partial charge in [0.1, 0.15) is 0 Å². The summed E-state index contributed by atoms with van der Waals surface area (Å²) in [6.07, 6.45) is 0. The molecule has 1 aromatic heterocycles. The molecule has 1 N–H and O–H groups in total. The Balaban J connectivity index is 2.47. The van der Waals surface area contributed by atoms with Crippen molar-refractivity contribution in [3.05, 3.63) is 69.6 Å². The van der Waals surface area contributed by atoms with Crippen LogP contribution in [-0.2, 0) is 0 Å². The minimum Gasteiger partial charge on any atom is -0.352 e. The zero-order valence-corrected chi connectivity index (χ0v) is 11.0. The average Bonchev–Trinajstić information content (AvgIpc) is 2.48. The third-order valence-electron chi connectivity index (χ3n) is 3.43. The van der Waals surface area contributed by atoms with E-state index in [1.54, 1.807) is 30.3 Å². The number of pyridine rings is 1. The van der Waals surface area contributed by atoms with Gasteiger partial charge < -0.3 is 4.98 Å². The number of rotatable bonds is 1. The van der Waals surface area contributed by atoms with Crippen LogP contribution in [0.3, 0.4) is 0 Å². The first-order valence-electron chi connectivity index (χ1n) is 6.26. The van der Waals surface area contributed by atoms with Crippen molar-refractivity contribution in [2.75, 3.05) is 0 Å². The molecule has 0 amide bonds. The highest BCUT2D eigenvalue weighted by molar-refractivity contribution is 5.84. The first-order chi connectivity index (χ1) is 10.0. The van der Waals surface area contributed by atoms with Crippen molar-refractivity contribution in [3.8, 4) is 11.3 Å². The Morgan fingerprint density at radius 1 is 1.00 bits per heavy atom. The lowest BCUT2D eigenvalue weighted by Crippen LogP contribution is -2.13. The Kier molecular flexibility index (Phi) is 3.05. The molecule has 0 aliphatic heterocycles. The largest absolute Gasteiger partial charge is 0.352 e. The second-order valence-corrected chi connectivity index (χ2v) is 4.72. The number of fused-ring (bicyclic) bond motifs is 1. The van der Waals surface area contributed by atoms with Gasteiger partial charge in [-0.1, -0.05) is 30.3 Å². The Labute approximate surface area is 117 Å². The second kappa shape index (κ2) is 4.77. The van der Waals surface area contributed by atoms with Crippen LogP contribution in [0, 0.1) is 24.4 Å². The summed E-state index contributed by atoms with van der Waals surface area (Å²) in [6, 6.07) is 9.23. The Morgan fingerprint density at radius 2 is 1.67 bits per heavy atom. The molecule has 1 heterocycles. The van der Waals surface area contributed by atoms with E-state index in [2.05, 4.69) is 4.98 Å². The lowest BCUT2D eigenvalue weighted by atomic mass is 10.0. The SMILES string of the molecule is Cc1c(-c2ccccc2)[nH]c2c(F)cc(F)c(F)c2c1=O. The topological polar surface area (TPSA) is 32.9 Å². The van der Waals surface area contributed by atoms with Gasteiger partial charge in [0.05, 0.1) is 16.6 Å². The summed E-state index contributed by atoms with van der Waals surface area (Å²) in [4.78, 5) is 15.0. The van der Waals surface area contributed by atoms with Crippen LogP contribution < -0.4 is 5.43 Å². The average molecular weight is 289 g/mol. The van der Waals surface area contributed by atoms with Gasteiger partial charge in [-0.3, -0.25) is 4.79 Å². The lowest BCUT2D eigenvalue weighted by molar-refractivity contribution is 0.504. The molecule has 0 saturated carbocycles. The molecule has 3 rings (SSSR count). The molecule has 0 fully saturated rings. The van der Waals surface area contributed by atoms with Crippen LogP contribution in [-0.4, -0.2) is 4.98 Å². The lowest BCUT2D eigenvalue weighted by Gasteiger charge is -2.10. The standard InChI is InChI=1S/C16H10F3NO/c1-8-14(9-5-3-2-4-6-9)20-15-11(18)7-10(17)13(19)12(15)16(8)21/h2-7H,1H3,(H,20,21). The molecule has 2 nitrogen and oxygen atoms in total. The molecule has 0 aliphatic rings. The Hall–Kier alpha value is -2.56. The van der Waals surface area contributed by atoms with E-state index in [4.69, 9.17) is 0 Å². The first kappa shape index (κ1) is 13.4. The van der Waals surface area contributed by atoms with Crippen molar-refractivity contribution in [2.24, 2.45) is 0 Å². The molecule has 0 radical (unpaired) electrons. The summed E-state index contributed by atoms with van der Waals surface area (Å²) in [7, 11) is 0. The maximum atomic E-state index is 13.9. The van der Waals surface area contributed by atoms with Crippen molar-refractivity contribution in [1.29, 1.82) is 0 Å². The highest BCUT2D eigenvalue weighted by Gasteiger charge is 2.19. The zero-order chi connectivity index (χ0) is 15.1. The van der Waals surface area contributed by atoms with Crippen LogP contribution in [0.4, 0.5) is 13.2 Å². The predicted octanol–water partition coefficient (Wildman–Crippen LogP) is 3.92. The molecule has 0 unspecified atom stereocenters. The van der Waals surface area contributed by atoms with E-state index in [1.807, 2.05) is 0 Å². The number of H-pyrrole nitrogens is 1. The Morgan fingerprint density at radius 3 is 2.33 bits per heavy atom. The molecule has 0 spiro atoms. The number of nitrogens with one attached hydrogen (secondary N) is 1. The van der Waals surface area contributed by atoms with Crippen LogP contribution in [0.15, 0.2) is 41.2 Å². The minimum atomic E-state index is -1.38. The minimum absolute atomic E-state index is 0.206. The van der Waals surface area contributed by atoms with E-state index >= 15 is 0 Å². The molecule has 3 aromatic rings. The highest BCUT2D eigenvalue weighted by Crippen LogP contribution is 2.25. The zero-order valence-electron chi connectivity index (χ0n) is 11.0. The van der Waals surface area contributed by atoms with Crippen LogP contribution in [0.25, 0.3) is 22.2 Å². The van der Waals surface area contributed by atoms with E-state index in [-0.39, 0.29) is 11.1 Å². The summed E-state index contributed by atoms with van der Waals surface area (Å²) < 4.78 is 40.9. The maximum Gasteiger partial charge on any atom is 0.196 e. The van der Waals surface area contributed by atoms with Gasteiger partial charge in [0.15, 0.2) is 22.9 Å². The molecule has 0 atom stereocenters. The molecule has 0 bridgehead atoms. The van der Waals surface area contributed by atoms with Crippen molar-refractivity contribution >= 4 is 10.9 Å². The number of hydrogen-bond donors (Lipinski definition) is 1. The molecule has 0 aliphatic carbocycles. The summed E-state index contributed by atoms with van der Waals surface area (Å²) in [5.74, 6) is -3.72. The van der Waals surface area contributed by atoms with Crippen molar-refractivity contribution in [1.82, 2.24) is 4.98 Å². The number of aromatic nitrogens is 1. The molecule has 0 saturated heterocycles. The van der Waals surface area contributed by atoms with E-state index in [9.17, 15) is 18.0 Å². The monoisotopic (exact) mass is 289 g/mol. The van der Waals surface area contributed by atoms with Crippen LogP contribution in [0.1, 0.15) is 5.56 Å². The fraction of sp³-hybridized carbons (Fsp3) is 0.0625. The van der Waals surface area contributed by atoms with Gasteiger partial charge >= 0.3 is 0 Å². The van der Waals surface area contributed by atoms with E-state index < -0.39 is 28.3 Å². The summed E-state index contributed by atoms with van der Waals surface area (Å²) in [6.45, 7) is 1.49. The molecular formula is C16H10F3NO. The molecule has 2 aromatic carbocycles. The van der Waals surface area contributed by atoms with Gasteiger partial charge in [-0.05, 0) is 12.5 Å². The van der Waals surface area contributed by atoms with Gasteiger partial charge in [0.2, 0.25) is 0 Å². The van der Waals surface area contributed by atoms with Crippen molar-refractivity contribution in [3.63, 3.8) is 0 Å². The van der Waals surface area contributed by atoms with Crippen LogP contribution in [0.5, 0.6) is 0 Å². The first-order valence-corrected chi connectivity index (χ1v) is 6.26. The van der Waals surface area contributed by atoms with E-state index in [0.29, 0.717) is 17.3 Å². The summed E-state index contributed by atoms with van der Waals surface area (Å²) in [5, 5.41) is -0.593. The molecular weight excluding hydrogens is 279 g/mol. The predicted molar refractivity (Wildman–Crippen MR) is 74.6 cm³/mol. The normalized spacial score (nSPS) is 11.0. The van der Waals surface area contributed by atoms with Gasteiger partial charge in [0.25, 0.3) is 0 Å². The molecule has 106 valence electrons. The smallest absolute Gasteiger partial charge is 0.196 e. The highest BCUT2D eigenvalue weighted by atomic mass is 19.2. The third kappa shape index (κ3) is 2.01. The van der Waals surface area contributed by atoms with Gasteiger partial charge in [-0.25, -0.2) is 13.2 Å². The second-order valence-electron chi connectivity index (χ2n) is 4.72. The van der Waals surface area contributed by atoms with Crippen molar-refractivity contribution in [2.45, 2.75) is 6.92 Å². The van der Waals surface area contributed by atoms with Gasteiger partial charge in [0, 0.05) is 11.6 Å². The van der Waals surface area contributed by atoms with Crippen LogP contribution >= 0.6 is 0 Å². The van der Waals surface area contributed by atoms with E-state index in [0.717, 1.165) is 0 Å². The number of halogens is 3. The number of hydrogen-bond acceptors (Lipinski definition) is 1. The van der Waals surface area contributed by atoms with Gasteiger partial charge in [-0.2, -0.15) is 0 Å². The summed E-state index contributed by atoms with van der Waals surface area (Å²) >= 11 is 0.